The van der Waals surface area contributed by atoms with Crippen LogP contribution in [0.1, 0.15) is 23.8 Å². The molecule has 1 aliphatic rings. The molecule has 35 heavy (non-hydrogen) atoms. The van der Waals surface area contributed by atoms with Gasteiger partial charge in [0.1, 0.15) is 17.6 Å². The highest BCUT2D eigenvalue weighted by atomic mass is 35.5. The van der Waals surface area contributed by atoms with Crippen LogP contribution in [0.2, 0.25) is 5.02 Å². The summed E-state index contributed by atoms with van der Waals surface area (Å²) in [4.78, 5) is 13.3. The molecule has 2 aromatic carbocycles. The number of halogens is 1. The Kier molecular flexibility index (Phi) is 6.61. The van der Waals surface area contributed by atoms with Crippen molar-refractivity contribution in [3.8, 4) is 17.1 Å². The van der Waals surface area contributed by atoms with Gasteiger partial charge in [0, 0.05) is 24.1 Å². The number of nitrogens with zero attached hydrogens (tertiary/aromatic N) is 5. The zero-order valence-corrected chi connectivity index (χ0v) is 20.7. The second-order valence-electron chi connectivity index (χ2n) is 7.91. The molecule has 0 aliphatic carbocycles. The van der Waals surface area contributed by atoms with E-state index >= 15 is 0 Å². The van der Waals surface area contributed by atoms with E-state index in [0.717, 1.165) is 22.6 Å². The number of thioether (sulfide) groups is 1. The third kappa shape index (κ3) is 4.82. The highest BCUT2D eigenvalue weighted by molar-refractivity contribution is 7.99. The molecule has 178 valence electrons. The van der Waals surface area contributed by atoms with Crippen LogP contribution in [0.4, 0.5) is 0 Å². The summed E-state index contributed by atoms with van der Waals surface area (Å²) in [6, 6.07) is 18.4. The zero-order valence-electron chi connectivity index (χ0n) is 19.1. The SMILES string of the molecule is COc1ccc(-c2nnc(SCC(=O)N3N=C(c4ccc(Cl)cc4)C[C@H]3c3ccco3)n2C)cc1. The van der Waals surface area contributed by atoms with E-state index in [1.54, 1.807) is 13.4 Å². The molecule has 0 unspecified atom stereocenters. The third-order valence-electron chi connectivity index (χ3n) is 5.72. The van der Waals surface area contributed by atoms with Crippen LogP contribution >= 0.6 is 23.4 Å². The molecule has 5 rings (SSSR count). The lowest BCUT2D eigenvalue weighted by atomic mass is 10.0. The van der Waals surface area contributed by atoms with Gasteiger partial charge in [0.25, 0.3) is 5.91 Å². The van der Waals surface area contributed by atoms with Crippen LogP contribution in [-0.2, 0) is 11.8 Å². The second kappa shape index (κ2) is 9.97. The van der Waals surface area contributed by atoms with E-state index in [0.29, 0.717) is 28.2 Å². The van der Waals surface area contributed by atoms with E-state index in [4.69, 9.17) is 20.8 Å². The Morgan fingerprint density at radius 3 is 2.54 bits per heavy atom. The quantitative estimate of drug-likeness (QED) is 0.319. The lowest BCUT2D eigenvalue weighted by Crippen LogP contribution is -2.28. The van der Waals surface area contributed by atoms with Crippen LogP contribution in [0.5, 0.6) is 5.75 Å². The normalized spacial score (nSPS) is 15.3. The number of ether oxygens (including phenoxy) is 1. The summed E-state index contributed by atoms with van der Waals surface area (Å²) in [5, 5.41) is 16.0. The maximum atomic E-state index is 13.3. The van der Waals surface area contributed by atoms with Crippen LogP contribution in [-0.4, -0.2) is 44.3 Å². The lowest BCUT2D eigenvalue weighted by molar-refractivity contribution is -0.130. The predicted octanol–water partition coefficient (Wildman–Crippen LogP) is 5.21. The number of hydrazone groups is 1. The molecule has 1 aliphatic heterocycles. The van der Waals surface area contributed by atoms with Crippen LogP contribution in [0.3, 0.4) is 0 Å². The van der Waals surface area contributed by atoms with Crippen LogP contribution in [0, 0.1) is 0 Å². The maximum absolute atomic E-state index is 13.3. The van der Waals surface area contributed by atoms with Crippen LogP contribution < -0.4 is 4.74 Å². The smallest absolute Gasteiger partial charge is 0.253 e. The Morgan fingerprint density at radius 2 is 1.86 bits per heavy atom. The number of rotatable bonds is 7. The largest absolute Gasteiger partial charge is 0.497 e. The lowest BCUT2D eigenvalue weighted by Gasteiger charge is -2.19. The standard InChI is InChI=1S/C25H22ClN5O3S/c1-30-24(17-7-11-19(33-2)12-8-17)27-28-25(30)35-15-23(32)31-21(22-4-3-13-34-22)14-20(29-31)16-5-9-18(26)10-6-16/h3-13,21H,14-15H2,1-2H3/t21-/m0/s1. The molecule has 0 saturated carbocycles. The molecular formula is C25H22ClN5O3S. The number of amides is 1. The highest BCUT2D eigenvalue weighted by Crippen LogP contribution is 2.34. The molecule has 0 spiro atoms. The molecule has 8 nitrogen and oxygen atoms in total. The Labute approximate surface area is 211 Å². The molecule has 2 aromatic heterocycles. The number of hydrogen-bond acceptors (Lipinski definition) is 7. The van der Waals surface area contributed by atoms with Crippen molar-refractivity contribution in [3.63, 3.8) is 0 Å². The van der Waals surface area contributed by atoms with Crippen molar-refractivity contribution >= 4 is 35.0 Å². The van der Waals surface area contributed by atoms with Crippen molar-refractivity contribution in [1.82, 2.24) is 19.8 Å². The highest BCUT2D eigenvalue weighted by Gasteiger charge is 2.35. The third-order valence-corrected chi connectivity index (χ3v) is 6.98. The maximum Gasteiger partial charge on any atom is 0.253 e. The first-order valence-electron chi connectivity index (χ1n) is 10.9. The molecule has 10 heteroatoms. The molecular weight excluding hydrogens is 486 g/mol. The molecule has 0 fully saturated rings. The van der Waals surface area contributed by atoms with Gasteiger partial charge in [-0.15, -0.1) is 10.2 Å². The number of hydrogen-bond donors (Lipinski definition) is 0. The Morgan fingerprint density at radius 1 is 1.11 bits per heavy atom. The van der Waals surface area contributed by atoms with Crippen molar-refractivity contribution in [2.45, 2.75) is 17.6 Å². The summed E-state index contributed by atoms with van der Waals surface area (Å²) >= 11 is 7.35. The van der Waals surface area contributed by atoms with E-state index < -0.39 is 0 Å². The number of methoxy groups -OCH3 is 1. The van der Waals surface area contributed by atoms with Gasteiger partial charge in [0.2, 0.25) is 0 Å². The Balaban J connectivity index is 1.33. The summed E-state index contributed by atoms with van der Waals surface area (Å²) in [6.45, 7) is 0. The van der Waals surface area contributed by atoms with Crippen LogP contribution in [0.25, 0.3) is 11.4 Å². The number of carbonyl (C=O) groups is 1. The second-order valence-corrected chi connectivity index (χ2v) is 9.29. The van der Waals surface area contributed by atoms with E-state index in [9.17, 15) is 4.79 Å². The van der Waals surface area contributed by atoms with Crippen molar-refractivity contribution in [2.75, 3.05) is 12.9 Å². The molecule has 1 amide bonds. The van der Waals surface area contributed by atoms with E-state index in [-0.39, 0.29) is 17.7 Å². The van der Waals surface area contributed by atoms with Gasteiger partial charge in [0.05, 0.1) is 24.8 Å². The van der Waals surface area contributed by atoms with Gasteiger partial charge in [-0.1, -0.05) is 35.5 Å². The van der Waals surface area contributed by atoms with Gasteiger partial charge >= 0.3 is 0 Å². The fraction of sp³-hybridized carbons (Fsp3) is 0.200. The topological polar surface area (TPSA) is 85.8 Å². The summed E-state index contributed by atoms with van der Waals surface area (Å²) in [5.41, 5.74) is 2.64. The summed E-state index contributed by atoms with van der Waals surface area (Å²) in [7, 11) is 3.51. The molecule has 3 heterocycles. The Bertz CT molecular complexity index is 1350. The number of aromatic nitrogens is 3. The minimum Gasteiger partial charge on any atom is -0.497 e. The molecule has 4 aromatic rings. The van der Waals surface area contributed by atoms with Gasteiger partial charge in [-0.05, 0) is 54.1 Å². The van der Waals surface area contributed by atoms with Crippen molar-refractivity contribution in [1.29, 1.82) is 0 Å². The first-order valence-corrected chi connectivity index (χ1v) is 12.3. The summed E-state index contributed by atoms with van der Waals surface area (Å²) in [6.07, 6.45) is 2.16. The average Bonchev–Trinajstić information content (AvgIpc) is 3.63. The first-order chi connectivity index (χ1) is 17.0. The number of carbonyl (C=O) groups excluding carboxylic acids is 1. The molecule has 0 saturated heterocycles. The summed E-state index contributed by atoms with van der Waals surface area (Å²) in [5.74, 6) is 2.18. The predicted molar refractivity (Wildman–Crippen MR) is 135 cm³/mol. The minimum absolute atomic E-state index is 0.144. The van der Waals surface area contributed by atoms with Gasteiger partial charge < -0.3 is 13.7 Å². The molecule has 1 atom stereocenters. The van der Waals surface area contributed by atoms with Gasteiger partial charge in [-0.3, -0.25) is 4.79 Å². The van der Waals surface area contributed by atoms with Crippen molar-refractivity contribution in [2.24, 2.45) is 12.1 Å². The molecule has 0 bridgehead atoms. The van der Waals surface area contributed by atoms with Gasteiger partial charge in [0.15, 0.2) is 11.0 Å². The van der Waals surface area contributed by atoms with Gasteiger partial charge in [-0.25, -0.2) is 5.01 Å². The summed E-state index contributed by atoms with van der Waals surface area (Å²) < 4.78 is 12.7. The Hall–Kier alpha value is -3.56. The fourth-order valence-corrected chi connectivity index (χ4v) is 4.77. The van der Waals surface area contributed by atoms with Crippen LogP contribution in [0.15, 0.2) is 81.6 Å². The van der Waals surface area contributed by atoms with Crippen molar-refractivity contribution in [3.05, 3.63) is 83.3 Å². The van der Waals surface area contributed by atoms with E-state index in [1.165, 1.54) is 16.8 Å². The van der Waals surface area contributed by atoms with E-state index in [2.05, 4.69) is 15.3 Å². The monoisotopic (exact) mass is 507 g/mol. The minimum atomic E-state index is -0.307. The molecule has 0 N–H and O–H groups in total. The number of benzene rings is 2. The van der Waals surface area contributed by atoms with Crippen molar-refractivity contribution < 1.29 is 13.9 Å². The van der Waals surface area contributed by atoms with Gasteiger partial charge in [-0.2, -0.15) is 5.10 Å². The first kappa shape index (κ1) is 23.2. The number of furan rings is 1. The fourth-order valence-electron chi connectivity index (χ4n) is 3.88. The zero-order chi connectivity index (χ0) is 24.4. The average molecular weight is 508 g/mol. The molecule has 0 radical (unpaired) electrons. The van der Waals surface area contributed by atoms with E-state index in [1.807, 2.05) is 72.3 Å².